The van der Waals surface area contributed by atoms with Gasteiger partial charge in [0.15, 0.2) is 5.78 Å². The first-order chi connectivity index (χ1) is 19.3. The number of morpholine rings is 1. The highest BCUT2D eigenvalue weighted by atomic mass is 35.5. The van der Waals surface area contributed by atoms with Crippen LogP contribution in [0.2, 0.25) is 5.02 Å². The van der Waals surface area contributed by atoms with Gasteiger partial charge in [-0.15, -0.1) is 11.3 Å². The molecule has 3 aromatic rings. The molecule has 2 atom stereocenters. The fourth-order valence-corrected chi connectivity index (χ4v) is 6.21. The quantitative estimate of drug-likeness (QED) is 0.268. The Hall–Kier alpha value is -2.91. The molecule has 4 rings (SSSR count). The highest BCUT2D eigenvalue weighted by molar-refractivity contribution is 7.18. The van der Waals surface area contributed by atoms with Crippen LogP contribution in [0, 0.1) is 5.92 Å². The van der Waals surface area contributed by atoms with Crippen LogP contribution in [-0.4, -0.2) is 66.2 Å². The second-order valence-electron chi connectivity index (χ2n) is 10.4. The summed E-state index contributed by atoms with van der Waals surface area (Å²) in [5, 5.41) is 4.58. The number of carbonyl (C=O) groups excluding carboxylic acids is 3. The molecule has 1 fully saturated rings. The fraction of sp³-hybridized carbons (Fsp3) is 0.419. The van der Waals surface area contributed by atoms with Gasteiger partial charge in [-0.25, -0.2) is 4.98 Å². The minimum absolute atomic E-state index is 0.00669. The first-order valence-electron chi connectivity index (χ1n) is 13.7. The average molecular weight is 582 g/mol. The van der Waals surface area contributed by atoms with Gasteiger partial charge in [0.05, 0.1) is 34.4 Å². The number of Topliss-reactive ketones (excluding diaryl/α,β-unsaturated/α-hetero) is 2. The molecular weight excluding hydrogens is 546 g/mol. The Kier molecular flexibility index (Phi) is 11.0. The highest BCUT2D eigenvalue weighted by Gasteiger charge is 2.26. The van der Waals surface area contributed by atoms with Crippen molar-refractivity contribution in [2.75, 3.05) is 32.8 Å². The Balaban J connectivity index is 1.43. The summed E-state index contributed by atoms with van der Waals surface area (Å²) >= 11 is 7.61. The number of halogens is 1. The van der Waals surface area contributed by atoms with Crippen molar-refractivity contribution in [3.8, 4) is 0 Å². The van der Waals surface area contributed by atoms with Crippen LogP contribution in [0.4, 0.5) is 0 Å². The molecule has 0 unspecified atom stereocenters. The molecule has 40 heavy (non-hydrogen) atoms. The summed E-state index contributed by atoms with van der Waals surface area (Å²) in [6, 6.07) is 15.1. The number of aromatic nitrogens is 1. The van der Waals surface area contributed by atoms with Crippen molar-refractivity contribution in [1.29, 1.82) is 0 Å². The molecule has 1 aromatic heterocycles. The Morgan fingerprint density at radius 3 is 2.60 bits per heavy atom. The topological polar surface area (TPSA) is 88.6 Å². The van der Waals surface area contributed by atoms with Crippen molar-refractivity contribution in [2.24, 2.45) is 5.92 Å². The SMILES string of the molecule is C=C(CN1CCOCC1)C(=O)CC[C@H](Cc1ccccc1)NC(=O)[C@@H](CC(C)=O)Cc1nc2ccc(Cl)cc2s1. The van der Waals surface area contributed by atoms with E-state index in [0.717, 1.165) is 33.9 Å². The van der Waals surface area contributed by atoms with Crippen LogP contribution in [0.1, 0.15) is 36.8 Å². The lowest BCUT2D eigenvalue weighted by Gasteiger charge is -2.27. The van der Waals surface area contributed by atoms with Gasteiger partial charge in [0.1, 0.15) is 5.78 Å². The van der Waals surface area contributed by atoms with Crippen LogP contribution in [0.3, 0.4) is 0 Å². The zero-order chi connectivity index (χ0) is 28.5. The summed E-state index contributed by atoms with van der Waals surface area (Å²) in [5.74, 6) is -0.808. The first-order valence-corrected chi connectivity index (χ1v) is 14.9. The summed E-state index contributed by atoms with van der Waals surface area (Å²) < 4.78 is 6.34. The molecule has 2 aromatic carbocycles. The molecule has 2 heterocycles. The molecule has 0 saturated carbocycles. The maximum atomic E-state index is 13.6. The average Bonchev–Trinajstić information content (AvgIpc) is 3.33. The van der Waals surface area contributed by atoms with Gasteiger partial charge in [-0.2, -0.15) is 0 Å². The van der Waals surface area contributed by atoms with Crippen molar-refractivity contribution in [3.63, 3.8) is 0 Å². The predicted octanol–water partition coefficient (Wildman–Crippen LogP) is 5.05. The van der Waals surface area contributed by atoms with Gasteiger partial charge in [0.2, 0.25) is 5.91 Å². The summed E-state index contributed by atoms with van der Waals surface area (Å²) in [4.78, 5) is 45.5. The van der Waals surface area contributed by atoms with E-state index in [1.165, 1.54) is 18.3 Å². The molecule has 212 valence electrons. The number of carbonyl (C=O) groups is 3. The first kappa shape index (κ1) is 30.1. The molecule has 0 aliphatic carbocycles. The van der Waals surface area contributed by atoms with Crippen LogP contribution < -0.4 is 5.32 Å². The number of hydrogen-bond acceptors (Lipinski definition) is 7. The van der Waals surface area contributed by atoms with E-state index in [2.05, 4.69) is 21.8 Å². The van der Waals surface area contributed by atoms with E-state index in [4.69, 9.17) is 16.3 Å². The Bertz CT molecular complexity index is 1340. The maximum absolute atomic E-state index is 13.6. The summed E-state index contributed by atoms with van der Waals surface area (Å²) in [5.41, 5.74) is 2.47. The van der Waals surface area contributed by atoms with E-state index in [1.54, 1.807) is 6.07 Å². The third-order valence-corrected chi connectivity index (χ3v) is 8.30. The van der Waals surface area contributed by atoms with E-state index in [-0.39, 0.29) is 36.4 Å². The lowest BCUT2D eigenvalue weighted by molar-refractivity contribution is -0.129. The van der Waals surface area contributed by atoms with Crippen molar-refractivity contribution in [3.05, 3.63) is 76.3 Å². The smallest absolute Gasteiger partial charge is 0.224 e. The zero-order valence-corrected chi connectivity index (χ0v) is 24.4. The summed E-state index contributed by atoms with van der Waals surface area (Å²) in [6.45, 7) is 8.97. The number of amides is 1. The minimum atomic E-state index is -0.557. The number of ether oxygens (including phenoxy) is 1. The fourth-order valence-electron chi connectivity index (χ4n) is 4.89. The molecule has 0 radical (unpaired) electrons. The number of ketones is 2. The highest BCUT2D eigenvalue weighted by Crippen LogP contribution is 2.27. The molecule has 7 nitrogen and oxygen atoms in total. The molecule has 1 N–H and O–H groups in total. The van der Waals surface area contributed by atoms with Crippen molar-refractivity contribution < 1.29 is 19.1 Å². The van der Waals surface area contributed by atoms with Gasteiger partial charge in [-0.1, -0.05) is 48.5 Å². The van der Waals surface area contributed by atoms with Gasteiger partial charge in [-0.3, -0.25) is 14.5 Å². The third-order valence-electron chi connectivity index (χ3n) is 7.02. The van der Waals surface area contributed by atoms with Crippen LogP contribution in [0.25, 0.3) is 10.2 Å². The molecule has 1 saturated heterocycles. The molecule has 1 aliphatic heterocycles. The largest absolute Gasteiger partial charge is 0.379 e. The van der Waals surface area contributed by atoms with Gasteiger partial charge in [0, 0.05) is 55.5 Å². The van der Waals surface area contributed by atoms with Crippen LogP contribution >= 0.6 is 22.9 Å². The van der Waals surface area contributed by atoms with E-state index >= 15 is 0 Å². The molecule has 0 bridgehead atoms. The van der Waals surface area contributed by atoms with Gasteiger partial charge in [0.25, 0.3) is 0 Å². The van der Waals surface area contributed by atoms with Gasteiger partial charge < -0.3 is 14.8 Å². The number of benzene rings is 2. The Morgan fingerprint density at radius 2 is 1.88 bits per heavy atom. The lowest BCUT2D eigenvalue weighted by Crippen LogP contribution is -2.42. The van der Waals surface area contributed by atoms with Crippen molar-refractivity contribution in [1.82, 2.24) is 15.2 Å². The third kappa shape index (κ3) is 9.06. The molecule has 9 heteroatoms. The van der Waals surface area contributed by atoms with Crippen LogP contribution in [0.15, 0.2) is 60.7 Å². The molecule has 1 amide bonds. The van der Waals surface area contributed by atoms with E-state index < -0.39 is 5.92 Å². The predicted molar refractivity (Wildman–Crippen MR) is 160 cm³/mol. The monoisotopic (exact) mass is 581 g/mol. The van der Waals surface area contributed by atoms with Crippen molar-refractivity contribution >= 4 is 50.6 Å². The minimum Gasteiger partial charge on any atom is -0.379 e. The molecular formula is C31H36ClN3O4S. The maximum Gasteiger partial charge on any atom is 0.224 e. The Labute approximate surface area is 244 Å². The Morgan fingerprint density at radius 1 is 1.12 bits per heavy atom. The van der Waals surface area contributed by atoms with Crippen molar-refractivity contribution in [2.45, 2.75) is 45.1 Å². The van der Waals surface area contributed by atoms with E-state index in [1.807, 2.05) is 42.5 Å². The number of fused-ring (bicyclic) bond motifs is 1. The molecule has 0 spiro atoms. The van der Waals surface area contributed by atoms with Crippen LogP contribution in [-0.2, 0) is 32.0 Å². The second-order valence-corrected chi connectivity index (χ2v) is 11.9. The normalized spacial score (nSPS) is 15.4. The van der Waals surface area contributed by atoms with Gasteiger partial charge >= 0.3 is 0 Å². The summed E-state index contributed by atoms with van der Waals surface area (Å²) in [7, 11) is 0. The van der Waals surface area contributed by atoms with Gasteiger partial charge in [-0.05, 0) is 43.5 Å². The zero-order valence-electron chi connectivity index (χ0n) is 22.9. The summed E-state index contributed by atoms with van der Waals surface area (Å²) in [6.07, 6.45) is 1.83. The standard InChI is InChI=1S/C31H36ClN3O4S/c1-21(20-35-12-14-39-15-13-35)28(37)11-9-26(17-23-6-4-3-5-7-23)33-31(38)24(16-22(2)36)18-30-34-27-10-8-25(32)19-29(27)40-30/h3-8,10,19,24,26H,1,9,11-18,20H2,2H3,(H,33,38)/t24-,26+/m0/s1. The van der Waals surface area contributed by atoms with E-state index in [0.29, 0.717) is 49.6 Å². The van der Waals surface area contributed by atoms with E-state index in [9.17, 15) is 14.4 Å². The second kappa shape index (κ2) is 14.6. The lowest BCUT2D eigenvalue weighted by atomic mass is 9.95. The number of hydrogen-bond donors (Lipinski definition) is 1. The van der Waals surface area contributed by atoms with Crippen LogP contribution in [0.5, 0.6) is 0 Å². The number of nitrogens with zero attached hydrogens (tertiary/aromatic N) is 2. The number of nitrogens with one attached hydrogen (secondary N) is 1. The number of thiazole rings is 1. The molecule has 1 aliphatic rings. The number of rotatable bonds is 14.